The first-order valence-electron chi connectivity index (χ1n) is 5.07. The molecule has 0 radical (unpaired) electrons. The first-order valence-corrected chi connectivity index (χ1v) is 5.07. The molecule has 4 nitrogen and oxygen atoms in total. The maximum absolute atomic E-state index is 10.8. The second kappa shape index (κ2) is 4.99. The van der Waals surface area contributed by atoms with E-state index in [2.05, 4.69) is 10.1 Å². The fourth-order valence-electron chi connectivity index (χ4n) is 1.28. The van der Waals surface area contributed by atoms with Crippen LogP contribution in [0, 0.1) is 0 Å². The summed E-state index contributed by atoms with van der Waals surface area (Å²) in [5.74, 6) is 0. The molecule has 0 saturated heterocycles. The third kappa shape index (κ3) is 3.55. The molecular weight excluding hydrogens is 206 g/mol. The van der Waals surface area contributed by atoms with Gasteiger partial charge >= 0.3 is 6.09 Å². The minimum absolute atomic E-state index is 0.415. The van der Waals surface area contributed by atoms with Crippen LogP contribution in [0.25, 0.3) is 0 Å². The Kier molecular flexibility index (Phi) is 3.90. The van der Waals surface area contributed by atoms with Gasteiger partial charge in [0.15, 0.2) is 0 Å². The molecule has 2 N–H and O–H groups in total. The lowest BCUT2D eigenvalue weighted by Crippen LogP contribution is -2.22. The fourth-order valence-corrected chi connectivity index (χ4v) is 1.28. The van der Waals surface area contributed by atoms with E-state index in [9.17, 15) is 9.90 Å². The molecule has 0 saturated carbocycles. The third-order valence-corrected chi connectivity index (χ3v) is 2.28. The van der Waals surface area contributed by atoms with Crippen LogP contribution in [0.15, 0.2) is 24.3 Å². The lowest BCUT2D eigenvalue weighted by Gasteiger charge is -2.17. The molecule has 0 fully saturated rings. The van der Waals surface area contributed by atoms with Gasteiger partial charge < -0.3 is 15.2 Å². The number of rotatable bonds is 3. The standard InChI is InChI=1S/C12H17NO3/c1-12(2,15)10-6-4-9(5-7-10)8-13-11(14)16-3/h4-7,15H,8H2,1-3H3,(H,13,14). The molecular formula is C12H17NO3. The summed E-state index contributed by atoms with van der Waals surface area (Å²) in [4.78, 5) is 10.8. The van der Waals surface area contributed by atoms with E-state index in [4.69, 9.17) is 0 Å². The number of alkyl carbamates (subject to hydrolysis) is 1. The summed E-state index contributed by atoms with van der Waals surface area (Å²) in [6.07, 6.45) is -0.452. The second-order valence-electron chi connectivity index (χ2n) is 4.10. The molecule has 0 heterocycles. The third-order valence-electron chi connectivity index (χ3n) is 2.28. The molecule has 16 heavy (non-hydrogen) atoms. The number of hydrogen-bond donors (Lipinski definition) is 2. The average Bonchev–Trinajstić information content (AvgIpc) is 2.25. The van der Waals surface area contributed by atoms with Gasteiger partial charge in [-0.3, -0.25) is 0 Å². The van der Waals surface area contributed by atoms with Gasteiger partial charge in [-0.15, -0.1) is 0 Å². The molecule has 0 aliphatic carbocycles. The Labute approximate surface area is 95.2 Å². The fraction of sp³-hybridized carbons (Fsp3) is 0.417. The van der Waals surface area contributed by atoms with E-state index in [0.29, 0.717) is 6.54 Å². The van der Waals surface area contributed by atoms with Gasteiger partial charge in [0.05, 0.1) is 12.7 Å². The number of benzene rings is 1. The summed E-state index contributed by atoms with van der Waals surface area (Å²) >= 11 is 0. The molecule has 88 valence electrons. The lowest BCUT2D eigenvalue weighted by atomic mass is 9.97. The van der Waals surface area contributed by atoms with Crippen molar-refractivity contribution in [2.24, 2.45) is 0 Å². The van der Waals surface area contributed by atoms with Gasteiger partial charge in [0.1, 0.15) is 0 Å². The van der Waals surface area contributed by atoms with E-state index in [1.165, 1.54) is 7.11 Å². The highest BCUT2D eigenvalue weighted by atomic mass is 16.5. The zero-order valence-electron chi connectivity index (χ0n) is 9.78. The summed E-state index contributed by atoms with van der Waals surface area (Å²) in [7, 11) is 1.33. The van der Waals surface area contributed by atoms with Gasteiger partial charge in [0.2, 0.25) is 0 Å². The number of carbonyl (C=O) groups is 1. The smallest absolute Gasteiger partial charge is 0.407 e. The van der Waals surface area contributed by atoms with Crippen molar-refractivity contribution in [2.75, 3.05) is 7.11 Å². The van der Waals surface area contributed by atoms with Crippen molar-refractivity contribution >= 4 is 6.09 Å². The summed E-state index contributed by atoms with van der Waals surface area (Å²) in [5, 5.41) is 12.3. The monoisotopic (exact) mass is 223 g/mol. The first kappa shape index (κ1) is 12.5. The Balaban J connectivity index is 2.62. The van der Waals surface area contributed by atoms with Crippen LogP contribution >= 0.6 is 0 Å². The molecule has 1 aromatic rings. The zero-order valence-corrected chi connectivity index (χ0v) is 9.78. The Morgan fingerprint density at radius 1 is 1.38 bits per heavy atom. The van der Waals surface area contributed by atoms with Crippen molar-refractivity contribution < 1.29 is 14.6 Å². The Morgan fingerprint density at radius 3 is 2.38 bits per heavy atom. The predicted molar refractivity (Wildman–Crippen MR) is 60.9 cm³/mol. The van der Waals surface area contributed by atoms with E-state index in [1.54, 1.807) is 13.8 Å². The van der Waals surface area contributed by atoms with E-state index in [0.717, 1.165) is 11.1 Å². The normalized spacial score (nSPS) is 11.0. The van der Waals surface area contributed by atoms with Crippen molar-refractivity contribution in [3.63, 3.8) is 0 Å². The number of aliphatic hydroxyl groups is 1. The highest BCUT2D eigenvalue weighted by Crippen LogP contribution is 2.19. The van der Waals surface area contributed by atoms with Crippen molar-refractivity contribution in [1.29, 1.82) is 0 Å². The molecule has 0 bridgehead atoms. The van der Waals surface area contributed by atoms with Crippen LogP contribution < -0.4 is 5.32 Å². The molecule has 0 aliphatic rings. The van der Waals surface area contributed by atoms with Crippen LogP contribution in [0.1, 0.15) is 25.0 Å². The van der Waals surface area contributed by atoms with Crippen molar-refractivity contribution in [3.8, 4) is 0 Å². The molecule has 0 unspecified atom stereocenters. The quantitative estimate of drug-likeness (QED) is 0.821. The maximum atomic E-state index is 10.8. The molecule has 0 atom stereocenters. The SMILES string of the molecule is COC(=O)NCc1ccc(C(C)(C)O)cc1. The van der Waals surface area contributed by atoms with Crippen LogP contribution in [0.4, 0.5) is 4.79 Å². The Morgan fingerprint density at radius 2 is 1.94 bits per heavy atom. The van der Waals surface area contributed by atoms with E-state index in [1.807, 2.05) is 24.3 Å². The molecule has 1 amide bonds. The molecule has 4 heteroatoms. The predicted octanol–water partition coefficient (Wildman–Crippen LogP) is 1.77. The molecule has 0 aliphatic heterocycles. The highest BCUT2D eigenvalue weighted by Gasteiger charge is 2.14. The number of carbonyl (C=O) groups excluding carboxylic acids is 1. The minimum Gasteiger partial charge on any atom is -0.453 e. The molecule has 0 spiro atoms. The van der Waals surface area contributed by atoms with Gasteiger partial charge in [-0.1, -0.05) is 24.3 Å². The largest absolute Gasteiger partial charge is 0.453 e. The van der Waals surface area contributed by atoms with Gasteiger partial charge in [-0.05, 0) is 25.0 Å². The summed E-state index contributed by atoms with van der Waals surface area (Å²) in [5.41, 5.74) is 0.960. The van der Waals surface area contributed by atoms with E-state index < -0.39 is 11.7 Å². The summed E-state index contributed by atoms with van der Waals surface area (Å²) < 4.78 is 4.46. The van der Waals surface area contributed by atoms with Crippen LogP contribution in [0.3, 0.4) is 0 Å². The number of nitrogens with one attached hydrogen (secondary N) is 1. The van der Waals surface area contributed by atoms with E-state index in [-0.39, 0.29) is 0 Å². The maximum Gasteiger partial charge on any atom is 0.407 e. The van der Waals surface area contributed by atoms with Crippen LogP contribution in [0.5, 0.6) is 0 Å². The number of methoxy groups -OCH3 is 1. The number of hydrogen-bond acceptors (Lipinski definition) is 3. The van der Waals surface area contributed by atoms with Crippen LogP contribution in [0.2, 0.25) is 0 Å². The lowest BCUT2D eigenvalue weighted by molar-refractivity contribution is 0.0786. The van der Waals surface area contributed by atoms with E-state index >= 15 is 0 Å². The summed E-state index contributed by atoms with van der Waals surface area (Å²) in [6.45, 7) is 3.88. The summed E-state index contributed by atoms with van der Waals surface area (Å²) in [6, 6.07) is 7.41. The van der Waals surface area contributed by atoms with Crippen LogP contribution in [-0.4, -0.2) is 18.3 Å². The first-order chi connectivity index (χ1) is 7.43. The number of ether oxygens (including phenoxy) is 1. The molecule has 0 aromatic heterocycles. The second-order valence-corrected chi connectivity index (χ2v) is 4.10. The minimum atomic E-state index is -0.839. The molecule has 1 rings (SSSR count). The average molecular weight is 223 g/mol. The van der Waals surface area contributed by atoms with Crippen molar-refractivity contribution in [2.45, 2.75) is 26.0 Å². The van der Waals surface area contributed by atoms with Gasteiger partial charge in [-0.25, -0.2) is 4.79 Å². The van der Waals surface area contributed by atoms with Gasteiger partial charge in [0.25, 0.3) is 0 Å². The Bertz CT molecular complexity index is 352. The Hall–Kier alpha value is -1.55. The molecule has 1 aromatic carbocycles. The van der Waals surface area contributed by atoms with Crippen molar-refractivity contribution in [1.82, 2.24) is 5.32 Å². The highest BCUT2D eigenvalue weighted by molar-refractivity contribution is 5.66. The van der Waals surface area contributed by atoms with Crippen molar-refractivity contribution in [3.05, 3.63) is 35.4 Å². The zero-order chi connectivity index (χ0) is 12.2. The van der Waals surface area contributed by atoms with Gasteiger partial charge in [0, 0.05) is 6.54 Å². The van der Waals surface area contributed by atoms with Gasteiger partial charge in [-0.2, -0.15) is 0 Å². The van der Waals surface area contributed by atoms with Crippen LogP contribution in [-0.2, 0) is 16.9 Å². The topological polar surface area (TPSA) is 58.6 Å². The number of amides is 1.